The normalized spacial score (nSPS) is 12.9. The van der Waals surface area contributed by atoms with Crippen LogP contribution in [0.3, 0.4) is 0 Å². The van der Waals surface area contributed by atoms with Gasteiger partial charge in [-0.15, -0.1) is 0 Å². The van der Waals surface area contributed by atoms with Crippen molar-refractivity contribution in [3.63, 3.8) is 0 Å². The van der Waals surface area contributed by atoms with Crippen LogP contribution in [-0.4, -0.2) is 16.3 Å². The molecular weight excluding hydrogens is 222 g/mol. The molecule has 1 unspecified atom stereocenters. The highest BCUT2D eigenvalue weighted by Crippen LogP contribution is 2.14. The summed E-state index contributed by atoms with van der Waals surface area (Å²) in [6, 6.07) is 10.5. The van der Waals surface area contributed by atoms with Gasteiger partial charge in [0, 0.05) is 17.8 Å². The Morgan fingerprint density at radius 2 is 1.89 bits per heavy atom. The Kier molecular flexibility index (Phi) is 4.15. The molecule has 1 aromatic heterocycles. The Morgan fingerprint density at radius 1 is 1.17 bits per heavy atom. The molecule has 0 saturated carbocycles. The number of aromatic nitrogens is 2. The first-order valence-electron chi connectivity index (χ1n) is 6.50. The number of nitrogens with zero attached hydrogens (tertiary/aromatic N) is 2. The van der Waals surface area contributed by atoms with Gasteiger partial charge in [-0.1, -0.05) is 32.0 Å². The van der Waals surface area contributed by atoms with Crippen LogP contribution in [-0.2, 0) is 0 Å². The maximum atomic E-state index is 4.41. The van der Waals surface area contributed by atoms with Gasteiger partial charge in [0.25, 0.3) is 0 Å². The highest BCUT2D eigenvalue weighted by Gasteiger charge is 2.08. The smallest absolute Gasteiger partial charge is 0.0645 e. The van der Waals surface area contributed by atoms with Crippen molar-refractivity contribution in [1.82, 2.24) is 15.1 Å². The van der Waals surface area contributed by atoms with Crippen molar-refractivity contribution in [2.45, 2.75) is 26.8 Å². The second-order valence-corrected chi connectivity index (χ2v) is 5.08. The molecule has 3 heteroatoms. The van der Waals surface area contributed by atoms with Crippen molar-refractivity contribution < 1.29 is 0 Å². The van der Waals surface area contributed by atoms with Gasteiger partial charge in [0.1, 0.15) is 0 Å². The minimum absolute atomic E-state index is 0.338. The average Bonchev–Trinajstić information content (AvgIpc) is 2.86. The molecule has 0 aliphatic carbocycles. The molecule has 2 rings (SSSR count). The maximum absolute atomic E-state index is 4.41. The summed E-state index contributed by atoms with van der Waals surface area (Å²) >= 11 is 0. The van der Waals surface area contributed by atoms with Gasteiger partial charge < -0.3 is 5.32 Å². The summed E-state index contributed by atoms with van der Waals surface area (Å²) in [5, 5.41) is 7.92. The van der Waals surface area contributed by atoms with Crippen molar-refractivity contribution >= 4 is 0 Å². The first-order chi connectivity index (χ1) is 8.66. The summed E-state index contributed by atoms with van der Waals surface area (Å²) in [7, 11) is 0. The lowest BCUT2D eigenvalue weighted by Gasteiger charge is -2.13. The molecule has 1 atom stereocenters. The number of para-hydroxylation sites is 1. The molecule has 1 aromatic carbocycles. The van der Waals surface area contributed by atoms with E-state index in [-0.39, 0.29) is 0 Å². The summed E-state index contributed by atoms with van der Waals surface area (Å²) in [6.07, 6.45) is 4.03. The molecule has 18 heavy (non-hydrogen) atoms. The Morgan fingerprint density at radius 3 is 2.56 bits per heavy atom. The molecule has 1 heterocycles. The monoisotopic (exact) mass is 243 g/mol. The van der Waals surface area contributed by atoms with E-state index in [2.05, 4.69) is 49.5 Å². The number of nitrogens with one attached hydrogen (secondary N) is 1. The van der Waals surface area contributed by atoms with Crippen LogP contribution in [0.25, 0.3) is 5.69 Å². The van der Waals surface area contributed by atoms with Gasteiger partial charge >= 0.3 is 0 Å². The summed E-state index contributed by atoms with van der Waals surface area (Å²) in [4.78, 5) is 0. The second kappa shape index (κ2) is 5.83. The van der Waals surface area contributed by atoms with Gasteiger partial charge in [-0.3, -0.25) is 0 Å². The number of hydrogen-bond acceptors (Lipinski definition) is 2. The summed E-state index contributed by atoms with van der Waals surface area (Å²) in [6.45, 7) is 7.63. The Bertz CT molecular complexity index is 473. The largest absolute Gasteiger partial charge is 0.310 e. The predicted octanol–water partition coefficient (Wildman–Crippen LogP) is 3.18. The highest BCUT2D eigenvalue weighted by atomic mass is 15.3. The lowest BCUT2D eigenvalue weighted by molar-refractivity contribution is 0.496. The molecule has 0 saturated heterocycles. The molecule has 96 valence electrons. The van der Waals surface area contributed by atoms with Crippen molar-refractivity contribution in [1.29, 1.82) is 0 Å². The molecule has 0 fully saturated rings. The van der Waals surface area contributed by atoms with Crippen LogP contribution in [0.15, 0.2) is 42.7 Å². The van der Waals surface area contributed by atoms with E-state index in [1.54, 1.807) is 0 Å². The first kappa shape index (κ1) is 12.8. The van der Waals surface area contributed by atoms with Crippen LogP contribution >= 0.6 is 0 Å². The number of hydrogen-bond donors (Lipinski definition) is 1. The van der Waals surface area contributed by atoms with E-state index in [1.807, 2.05) is 29.1 Å². The summed E-state index contributed by atoms with van der Waals surface area (Å²) in [5.41, 5.74) is 2.32. The van der Waals surface area contributed by atoms with Crippen LogP contribution < -0.4 is 5.32 Å². The van der Waals surface area contributed by atoms with E-state index >= 15 is 0 Å². The van der Waals surface area contributed by atoms with Gasteiger partial charge in [0.2, 0.25) is 0 Å². The van der Waals surface area contributed by atoms with Gasteiger partial charge in [-0.05, 0) is 31.5 Å². The molecule has 0 spiro atoms. The van der Waals surface area contributed by atoms with E-state index in [1.165, 1.54) is 5.56 Å². The van der Waals surface area contributed by atoms with Crippen LogP contribution in [0.1, 0.15) is 32.4 Å². The third-order valence-electron chi connectivity index (χ3n) is 2.96. The van der Waals surface area contributed by atoms with Crippen molar-refractivity contribution in [2.24, 2.45) is 5.92 Å². The number of benzene rings is 1. The average molecular weight is 243 g/mol. The van der Waals surface area contributed by atoms with E-state index in [4.69, 9.17) is 0 Å². The summed E-state index contributed by atoms with van der Waals surface area (Å²) < 4.78 is 1.92. The SMILES string of the molecule is CC(C)CNC(C)c1cnn(-c2ccccc2)c1. The lowest BCUT2D eigenvalue weighted by Crippen LogP contribution is -2.22. The third kappa shape index (κ3) is 3.20. The molecule has 2 aromatic rings. The fourth-order valence-corrected chi connectivity index (χ4v) is 1.81. The van der Waals surface area contributed by atoms with Crippen molar-refractivity contribution in [3.8, 4) is 5.69 Å². The zero-order valence-corrected chi connectivity index (χ0v) is 11.3. The van der Waals surface area contributed by atoms with Crippen molar-refractivity contribution in [2.75, 3.05) is 6.54 Å². The van der Waals surface area contributed by atoms with Crippen LogP contribution in [0.5, 0.6) is 0 Å². The molecule has 0 bridgehead atoms. The highest BCUT2D eigenvalue weighted by molar-refractivity contribution is 5.31. The molecule has 3 nitrogen and oxygen atoms in total. The van der Waals surface area contributed by atoms with E-state index in [0.717, 1.165) is 12.2 Å². The van der Waals surface area contributed by atoms with E-state index < -0.39 is 0 Å². The standard InChI is InChI=1S/C15H21N3/c1-12(2)9-16-13(3)14-10-17-18(11-14)15-7-5-4-6-8-15/h4-8,10-13,16H,9H2,1-3H3. The fraction of sp³-hybridized carbons (Fsp3) is 0.400. The quantitative estimate of drug-likeness (QED) is 0.874. The third-order valence-corrected chi connectivity index (χ3v) is 2.96. The Hall–Kier alpha value is -1.61. The van der Waals surface area contributed by atoms with Crippen molar-refractivity contribution in [3.05, 3.63) is 48.3 Å². The molecule has 0 radical (unpaired) electrons. The van der Waals surface area contributed by atoms with E-state index in [9.17, 15) is 0 Å². The molecule has 1 N–H and O–H groups in total. The van der Waals surface area contributed by atoms with Gasteiger partial charge in [-0.25, -0.2) is 4.68 Å². The van der Waals surface area contributed by atoms with Gasteiger partial charge in [0.05, 0.1) is 11.9 Å². The second-order valence-electron chi connectivity index (χ2n) is 5.08. The molecule has 0 amide bonds. The first-order valence-corrected chi connectivity index (χ1v) is 6.50. The Labute approximate surface area is 109 Å². The Balaban J connectivity index is 2.06. The minimum atomic E-state index is 0.338. The van der Waals surface area contributed by atoms with Gasteiger partial charge in [-0.2, -0.15) is 5.10 Å². The molecule has 0 aliphatic heterocycles. The van der Waals surface area contributed by atoms with Crippen LogP contribution in [0.2, 0.25) is 0 Å². The van der Waals surface area contributed by atoms with Gasteiger partial charge in [0.15, 0.2) is 0 Å². The molecule has 0 aliphatic rings. The maximum Gasteiger partial charge on any atom is 0.0645 e. The number of rotatable bonds is 5. The molecular formula is C15H21N3. The predicted molar refractivity (Wildman–Crippen MR) is 74.8 cm³/mol. The minimum Gasteiger partial charge on any atom is -0.310 e. The lowest BCUT2D eigenvalue weighted by atomic mass is 10.1. The van der Waals surface area contributed by atoms with Crippen LogP contribution in [0.4, 0.5) is 0 Å². The topological polar surface area (TPSA) is 29.9 Å². The summed E-state index contributed by atoms with van der Waals surface area (Å²) in [5.74, 6) is 0.664. The van der Waals surface area contributed by atoms with E-state index in [0.29, 0.717) is 12.0 Å². The fourth-order valence-electron chi connectivity index (χ4n) is 1.81. The van der Waals surface area contributed by atoms with Crippen LogP contribution in [0, 0.1) is 5.92 Å². The zero-order chi connectivity index (χ0) is 13.0. The zero-order valence-electron chi connectivity index (χ0n) is 11.3.